The third kappa shape index (κ3) is 3.33. The lowest BCUT2D eigenvalue weighted by Gasteiger charge is -2.37. The highest BCUT2D eigenvalue weighted by Crippen LogP contribution is 2.19. The number of hydrogen-bond acceptors (Lipinski definition) is 3. The molecule has 1 aliphatic heterocycles. The van der Waals surface area contributed by atoms with Gasteiger partial charge in [0.25, 0.3) is 0 Å². The van der Waals surface area contributed by atoms with Crippen LogP contribution in [0.25, 0.3) is 0 Å². The zero-order valence-corrected chi connectivity index (χ0v) is 14.0. The first-order valence-electron chi connectivity index (χ1n) is 8.04. The maximum absolute atomic E-state index is 11.8. The summed E-state index contributed by atoms with van der Waals surface area (Å²) in [5.74, 6) is 0.701. The molecule has 1 aromatic heterocycles. The maximum Gasteiger partial charge on any atom is 0.222 e. The molecule has 1 N–H and O–H groups in total. The van der Waals surface area contributed by atoms with Crippen LogP contribution in [-0.4, -0.2) is 34.5 Å². The fourth-order valence-corrected chi connectivity index (χ4v) is 3.19. The van der Waals surface area contributed by atoms with Gasteiger partial charge in [-0.25, -0.2) is 0 Å². The molecule has 5 nitrogen and oxygen atoms in total. The Morgan fingerprint density at radius 3 is 2.82 bits per heavy atom. The molecular weight excluding hydrogens is 276 g/mol. The summed E-state index contributed by atoms with van der Waals surface area (Å²) in [6.07, 6.45) is 1.58. The molecule has 1 aliphatic rings. The number of nitriles is 1. The average Bonchev–Trinajstić information content (AvgIpc) is 2.80. The SMILES string of the molecule is CCC(=O)N1CCC(NCc2cc(C#N)n(C)c2C)C(C)C1. The van der Waals surface area contributed by atoms with Gasteiger partial charge in [0, 0.05) is 44.8 Å². The summed E-state index contributed by atoms with van der Waals surface area (Å²) in [6, 6.07) is 4.60. The standard InChI is InChI=1S/C17H26N4O/c1-5-17(22)21-7-6-16(12(2)11-21)19-10-14-8-15(9-18)20(4)13(14)3/h8,12,16,19H,5-7,10-11H2,1-4H3. The van der Waals surface area contributed by atoms with Crippen LogP contribution >= 0.6 is 0 Å². The number of likely N-dealkylation sites (tertiary alicyclic amines) is 1. The van der Waals surface area contributed by atoms with Crippen molar-refractivity contribution in [1.82, 2.24) is 14.8 Å². The van der Waals surface area contributed by atoms with E-state index in [4.69, 9.17) is 5.26 Å². The number of rotatable bonds is 4. The van der Waals surface area contributed by atoms with Crippen molar-refractivity contribution in [3.05, 3.63) is 23.0 Å². The Morgan fingerprint density at radius 2 is 2.27 bits per heavy atom. The Bertz CT molecular complexity index is 584. The second-order valence-electron chi connectivity index (χ2n) is 6.26. The van der Waals surface area contributed by atoms with Crippen molar-refractivity contribution in [3.63, 3.8) is 0 Å². The van der Waals surface area contributed by atoms with E-state index in [1.807, 2.05) is 36.4 Å². The topological polar surface area (TPSA) is 61.1 Å². The molecule has 2 atom stereocenters. The average molecular weight is 302 g/mol. The Morgan fingerprint density at radius 1 is 1.55 bits per heavy atom. The Hall–Kier alpha value is -1.80. The molecule has 0 bridgehead atoms. The number of aromatic nitrogens is 1. The van der Waals surface area contributed by atoms with Crippen LogP contribution in [-0.2, 0) is 18.4 Å². The van der Waals surface area contributed by atoms with Gasteiger partial charge in [0.2, 0.25) is 5.91 Å². The van der Waals surface area contributed by atoms with E-state index < -0.39 is 0 Å². The Labute approximate surface area is 132 Å². The minimum Gasteiger partial charge on any atom is -0.342 e. The molecular formula is C17H26N4O. The van der Waals surface area contributed by atoms with Crippen LogP contribution in [0.3, 0.4) is 0 Å². The largest absolute Gasteiger partial charge is 0.342 e. The summed E-state index contributed by atoms with van der Waals surface area (Å²) in [5.41, 5.74) is 3.01. The van der Waals surface area contributed by atoms with Crippen molar-refractivity contribution in [3.8, 4) is 6.07 Å². The molecule has 0 spiro atoms. The van der Waals surface area contributed by atoms with Crippen LogP contribution in [0.2, 0.25) is 0 Å². The van der Waals surface area contributed by atoms with Crippen molar-refractivity contribution in [2.24, 2.45) is 13.0 Å². The molecule has 2 heterocycles. The molecule has 1 saturated heterocycles. The summed E-state index contributed by atoms with van der Waals surface area (Å²) < 4.78 is 1.93. The van der Waals surface area contributed by atoms with E-state index in [1.165, 1.54) is 5.56 Å². The van der Waals surface area contributed by atoms with Crippen molar-refractivity contribution >= 4 is 5.91 Å². The second kappa shape index (κ2) is 6.97. The highest BCUT2D eigenvalue weighted by molar-refractivity contribution is 5.75. The molecule has 2 rings (SSSR count). The molecule has 120 valence electrons. The number of nitrogens with one attached hydrogen (secondary N) is 1. The first-order valence-corrected chi connectivity index (χ1v) is 8.04. The van der Waals surface area contributed by atoms with E-state index >= 15 is 0 Å². The van der Waals surface area contributed by atoms with Crippen LogP contribution in [0.1, 0.15) is 43.6 Å². The number of piperidine rings is 1. The van der Waals surface area contributed by atoms with Crippen molar-refractivity contribution in [1.29, 1.82) is 5.26 Å². The third-order valence-corrected chi connectivity index (χ3v) is 4.87. The lowest BCUT2D eigenvalue weighted by molar-refractivity contribution is -0.132. The molecule has 2 unspecified atom stereocenters. The summed E-state index contributed by atoms with van der Waals surface area (Å²) in [5, 5.41) is 12.7. The fraction of sp³-hybridized carbons (Fsp3) is 0.647. The Balaban J connectivity index is 1.93. The van der Waals surface area contributed by atoms with Crippen LogP contribution in [0.5, 0.6) is 0 Å². The van der Waals surface area contributed by atoms with Crippen LogP contribution < -0.4 is 5.32 Å². The second-order valence-corrected chi connectivity index (χ2v) is 6.26. The normalized spacial score (nSPS) is 21.7. The highest BCUT2D eigenvalue weighted by Gasteiger charge is 2.27. The van der Waals surface area contributed by atoms with Crippen LogP contribution in [0, 0.1) is 24.2 Å². The molecule has 0 radical (unpaired) electrons. The van der Waals surface area contributed by atoms with E-state index in [-0.39, 0.29) is 5.91 Å². The van der Waals surface area contributed by atoms with Gasteiger partial charge < -0.3 is 14.8 Å². The highest BCUT2D eigenvalue weighted by atomic mass is 16.2. The summed E-state index contributed by atoms with van der Waals surface area (Å²) >= 11 is 0. The van der Waals surface area contributed by atoms with Crippen molar-refractivity contribution < 1.29 is 4.79 Å². The van der Waals surface area contributed by atoms with Gasteiger partial charge in [0.1, 0.15) is 11.8 Å². The third-order valence-electron chi connectivity index (χ3n) is 4.87. The first kappa shape index (κ1) is 16.6. The lowest BCUT2D eigenvalue weighted by Crippen LogP contribution is -2.49. The van der Waals surface area contributed by atoms with Crippen molar-refractivity contribution in [2.75, 3.05) is 13.1 Å². The van der Waals surface area contributed by atoms with Crippen LogP contribution in [0.4, 0.5) is 0 Å². The number of amides is 1. The fourth-order valence-electron chi connectivity index (χ4n) is 3.19. The van der Waals surface area contributed by atoms with Gasteiger partial charge in [-0.2, -0.15) is 5.26 Å². The molecule has 0 aromatic carbocycles. The molecule has 1 aromatic rings. The van der Waals surface area contributed by atoms with E-state index in [0.717, 1.165) is 31.7 Å². The van der Waals surface area contributed by atoms with Crippen LogP contribution in [0.15, 0.2) is 6.07 Å². The predicted molar refractivity (Wildman–Crippen MR) is 86.1 cm³/mol. The van der Waals surface area contributed by atoms with Gasteiger partial charge in [-0.1, -0.05) is 13.8 Å². The molecule has 5 heteroatoms. The summed E-state index contributed by atoms with van der Waals surface area (Å²) in [4.78, 5) is 13.8. The lowest BCUT2D eigenvalue weighted by atomic mass is 9.93. The van der Waals surface area contributed by atoms with Gasteiger partial charge in [0.15, 0.2) is 0 Å². The monoisotopic (exact) mass is 302 g/mol. The Kier molecular flexibility index (Phi) is 5.25. The van der Waals surface area contributed by atoms with Gasteiger partial charge in [-0.3, -0.25) is 4.79 Å². The zero-order valence-electron chi connectivity index (χ0n) is 14.0. The van der Waals surface area contributed by atoms with Gasteiger partial charge in [-0.15, -0.1) is 0 Å². The van der Waals surface area contributed by atoms with E-state index in [1.54, 1.807) is 0 Å². The number of hydrogen-bond donors (Lipinski definition) is 1. The number of nitrogens with zero attached hydrogens (tertiary/aromatic N) is 3. The van der Waals surface area contributed by atoms with Gasteiger partial charge >= 0.3 is 0 Å². The smallest absolute Gasteiger partial charge is 0.222 e. The minimum absolute atomic E-state index is 0.253. The molecule has 1 amide bonds. The summed E-state index contributed by atoms with van der Waals surface area (Å²) in [6.45, 7) is 8.61. The van der Waals surface area contributed by atoms with Gasteiger partial charge in [0.05, 0.1) is 0 Å². The molecule has 0 saturated carbocycles. The predicted octanol–water partition coefficient (Wildman–Crippen LogP) is 1.94. The first-order chi connectivity index (χ1) is 10.5. The molecule has 0 aliphatic carbocycles. The zero-order chi connectivity index (χ0) is 16.3. The van der Waals surface area contributed by atoms with E-state index in [0.29, 0.717) is 24.1 Å². The number of carbonyl (C=O) groups excluding carboxylic acids is 1. The molecule has 1 fully saturated rings. The molecule has 22 heavy (non-hydrogen) atoms. The number of carbonyl (C=O) groups is 1. The van der Waals surface area contributed by atoms with E-state index in [2.05, 4.69) is 18.3 Å². The maximum atomic E-state index is 11.8. The quantitative estimate of drug-likeness (QED) is 0.924. The van der Waals surface area contributed by atoms with E-state index in [9.17, 15) is 4.79 Å². The summed E-state index contributed by atoms with van der Waals surface area (Å²) in [7, 11) is 1.93. The minimum atomic E-state index is 0.253. The van der Waals surface area contributed by atoms with Gasteiger partial charge in [-0.05, 0) is 30.9 Å². The van der Waals surface area contributed by atoms with Crippen molar-refractivity contribution in [2.45, 2.75) is 46.2 Å².